The van der Waals surface area contributed by atoms with Gasteiger partial charge in [0.2, 0.25) is 5.95 Å². The van der Waals surface area contributed by atoms with Crippen LogP contribution < -0.4 is 15.4 Å². The summed E-state index contributed by atoms with van der Waals surface area (Å²) in [7, 11) is 0. The molecule has 0 aliphatic heterocycles. The van der Waals surface area contributed by atoms with E-state index in [0.29, 0.717) is 29.6 Å². The lowest BCUT2D eigenvalue weighted by Gasteiger charge is -2.12. The Bertz CT molecular complexity index is 1210. The minimum absolute atomic E-state index is 0.226. The third kappa shape index (κ3) is 5.10. The van der Waals surface area contributed by atoms with E-state index in [4.69, 9.17) is 4.74 Å². The molecule has 6 nitrogen and oxygen atoms in total. The van der Waals surface area contributed by atoms with E-state index in [1.165, 1.54) is 5.56 Å². The molecule has 1 amide bonds. The summed E-state index contributed by atoms with van der Waals surface area (Å²) < 4.78 is 5.58. The van der Waals surface area contributed by atoms with E-state index in [1.54, 1.807) is 24.5 Å². The van der Waals surface area contributed by atoms with Gasteiger partial charge in [-0.05, 0) is 49.7 Å². The molecule has 1 aromatic heterocycles. The number of anilines is 3. The second-order valence-corrected chi connectivity index (χ2v) is 7.25. The Morgan fingerprint density at radius 2 is 1.66 bits per heavy atom. The largest absolute Gasteiger partial charge is 0.492 e. The van der Waals surface area contributed by atoms with Crippen LogP contribution in [0.1, 0.15) is 22.8 Å². The Labute approximate surface area is 187 Å². The Hall–Kier alpha value is -4.19. The number of amides is 1. The first kappa shape index (κ1) is 21.1. The number of carbonyl (C=O) groups is 1. The van der Waals surface area contributed by atoms with Crippen molar-refractivity contribution in [2.24, 2.45) is 0 Å². The number of aryl methyl sites for hydroxylation is 1. The standard InChI is InChI=1S/C26H24N4O2/c1-3-32-24-10-5-4-9-23(24)30-25(31)20-7-6-8-22(15-20)29-26-27-16-21(17-28-26)19-13-11-18(2)12-14-19/h4-17H,3H2,1-2H3,(H,30,31)(H,27,28,29). The van der Waals surface area contributed by atoms with Gasteiger partial charge in [0.15, 0.2) is 0 Å². The van der Waals surface area contributed by atoms with Gasteiger partial charge in [0, 0.05) is 29.2 Å². The third-order valence-corrected chi connectivity index (χ3v) is 4.85. The zero-order chi connectivity index (χ0) is 22.3. The number of aromatic nitrogens is 2. The highest BCUT2D eigenvalue weighted by Crippen LogP contribution is 2.25. The number of benzene rings is 3. The first-order valence-electron chi connectivity index (χ1n) is 10.4. The normalized spacial score (nSPS) is 10.4. The molecule has 0 saturated heterocycles. The van der Waals surface area contributed by atoms with Crippen molar-refractivity contribution in [1.29, 1.82) is 0 Å². The molecule has 0 aliphatic rings. The minimum atomic E-state index is -0.226. The molecule has 32 heavy (non-hydrogen) atoms. The number of ether oxygens (including phenoxy) is 1. The lowest BCUT2D eigenvalue weighted by atomic mass is 10.1. The maximum Gasteiger partial charge on any atom is 0.255 e. The van der Waals surface area contributed by atoms with Crippen LogP contribution >= 0.6 is 0 Å². The highest BCUT2D eigenvalue weighted by molar-refractivity contribution is 6.05. The van der Waals surface area contributed by atoms with Crippen molar-refractivity contribution < 1.29 is 9.53 Å². The monoisotopic (exact) mass is 424 g/mol. The predicted molar refractivity (Wildman–Crippen MR) is 127 cm³/mol. The van der Waals surface area contributed by atoms with Gasteiger partial charge in [-0.1, -0.05) is 48.0 Å². The van der Waals surface area contributed by atoms with Gasteiger partial charge in [-0.25, -0.2) is 9.97 Å². The SMILES string of the molecule is CCOc1ccccc1NC(=O)c1cccc(Nc2ncc(-c3ccc(C)cc3)cn2)c1. The van der Waals surface area contributed by atoms with Crippen molar-refractivity contribution in [2.45, 2.75) is 13.8 Å². The second kappa shape index (κ2) is 9.75. The summed E-state index contributed by atoms with van der Waals surface area (Å²) in [5, 5.41) is 6.06. The van der Waals surface area contributed by atoms with Crippen molar-refractivity contribution in [2.75, 3.05) is 17.2 Å². The van der Waals surface area contributed by atoms with E-state index in [-0.39, 0.29) is 5.91 Å². The van der Waals surface area contributed by atoms with Crippen LogP contribution in [-0.2, 0) is 0 Å². The summed E-state index contributed by atoms with van der Waals surface area (Å²) in [5.41, 5.74) is 5.08. The van der Waals surface area contributed by atoms with Gasteiger partial charge >= 0.3 is 0 Å². The average Bonchev–Trinajstić information content (AvgIpc) is 2.82. The lowest BCUT2D eigenvalue weighted by Crippen LogP contribution is -2.13. The van der Waals surface area contributed by atoms with Crippen LogP contribution in [0.4, 0.5) is 17.3 Å². The molecular weight excluding hydrogens is 400 g/mol. The molecule has 1 heterocycles. The van der Waals surface area contributed by atoms with Gasteiger partial charge in [-0.15, -0.1) is 0 Å². The molecule has 0 atom stereocenters. The van der Waals surface area contributed by atoms with E-state index in [2.05, 4.69) is 39.7 Å². The van der Waals surface area contributed by atoms with Crippen LogP contribution in [0.2, 0.25) is 0 Å². The van der Waals surface area contributed by atoms with Crippen LogP contribution in [0.25, 0.3) is 11.1 Å². The number of para-hydroxylation sites is 2. The summed E-state index contributed by atoms with van der Waals surface area (Å²) in [6.45, 7) is 4.48. The quantitative estimate of drug-likeness (QED) is 0.389. The number of nitrogens with one attached hydrogen (secondary N) is 2. The molecule has 0 fully saturated rings. The maximum atomic E-state index is 12.8. The highest BCUT2D eigenvalue weighted by atomic mass is 16.5. The molecule has 0 saturated carbocycles. The molecule has 0 spiro atoms. The molecule has 160 valence electrons. The summed E-state index contributed by atoms with van der Waals surface area (Å²) in [4.78, 5) is 21.6. The Balaban J connectivity index is 1.46. The van der Waals surface area contributed by atoms with Crippen molar-refractivity contribution in [3.05, 3.63) is 96.3 Å². The van der Waals surface area contributed by atoms with Crippen LogP contribution in [0.5, 0.6) is 5.75 Å². The van der Waals surface area contributed by atoms with Crippen molar-refractivity contribution in [1.82, 2.24) is 9.97 Å². The van der Waals surface area contributed by atoms with Crippen LogP contribution in [0.15, 0.2) is 85.2 Å². The molecule has 4 rings (SSSR count). The van der Waals surface area contributed by atoms with Gasteiger partial charge in [0.1, 0.15) is 5.75 Å². The molecule has 0 radical (unpaired) electrons. The topological polar surface area (TPSA) is 76.1 Å². The number of rotatable bonds is 7. The van der Waals surface area contributed by atoms with Crippen LogP contribution in [0.3, 0.4) is 0 Å². The average molecular weight is 425 g/mol. The molecule has 0 aliphatic carbocycles. The van der Waals surface area contributed by atoms with Gasteiger partial charge in [0.25, 0.3) is 5.91 Å². The second-order valence-electron chi connectivity index (χ2n) is 7.25. The fourth-order valence-electron chi connectivity index (χ4n) is 3.20. The van der Waals surface area contributed by atoms with Crippen molar-refractivity contribution >= 4 is 23.2 Å². The number of nitrogens with zero attached hydrogens (tertiary/aromatic N) is 2. The number of carbonyl (C=O) groups excluding carboxylic acids is 1. The maximum absolute atomic E-state index is 12.8. The van der Waals surface area contributed by atoms with Gasteiger partial charge < -0.3 is 15.4 Å². The first-order valence-corrected chi connectivity index (χ1v) is 10.4. The molecule has 0 bridgehead atoms. The molecule has 3 aromatic carbocycles. The first-order chi connectivity index (χ1) is 15.6. The van der Waals surface area contributed by atoms with Gasteiger partial charge in [-0.2, -0.15) is 0 Å². The predicted octanol–water partition coefficient (Wildman–Crippen LogP) is 5.85. The van der Waals surface area contributed by atoms with E-state index < -0.39 is 0 Å². The summed E-state index contributed by atoms with van der Waals surface area (Å²) in [5.74, 6) is 0.872. The molecule has 0 unspecified atom stereocenters. The third-order valence-electron chi connectivity index (χ3n) is 4.85. The van der Waals surface area contributed by atoms with Gasteiger partial charge in [0.05, 0.1) is 12.3 Å². The summed E-state index contributed by atoms with van der Waals surface area (Å²) in [6.07, 6.45) is 3.56. The van der Waals surface area contributed by atoms with E-state index in [0.717, 1.165) is 16.8 Å². The minimum Gasteiger partial charge on any atom is -0.492 e. The fourth-order valence-corrected chi connectivity index (χ4v) is 3.20. The zero-order valence-electron chi connectivity index (χ0n) is 18.0. The Morgan fingerprint density at radius 1 is 0.906 bits per heavy atom. The van der Waals surface area contributed by atoms with E-state index in [1.807, 2.05) is 55.5 Å². The van der Waals surface area contributed by atoms with Crippen LogP contribution in [0, 0.1) is 6.92 Å². The van der Waals surface area contributed by atoms with Gasteiger partial charge in [-0.3, -0.25) is 4.79 Å². The van der Waals surface area contributed by atoms with E-state index >= 15 is 0 Å². The van der Waals surface area contributed by atoms with Crippen molar-refractivity contribution in [3.8, 4) is 16.9 Å². The van der Waals surface area contributed by atoms with Crippen molar-refractivity contribution in [3.63, 3.8) is 0 Å². The Kier molecular flexibility index (Phi) is 6.41. The van der Waals surface area contributed by atoms with Crippen LogP contribution in [-0.4, -0.2) is 22.5 Å². The lowest BCUT2D eigenvalue weighted by molar-refractivity contribution is 0.102. The number of hydrogen-bond acceptors (Lipinski definition) is 5. The zero-order valence-corrected chi connectivity index (χ0v) is 18.0. The molecular formula is C26H24N4O2. The Morgan fingerprint density at radius 3 is 2.41 bits per heavy atom. The van der Waals surface area contributed by atoms with E-state index in [9.17, 15) is 4.79 Å². The fraction of sp³-hybridized carbons (Fsp3) is 0.115. The summed E-state index contributed by atoms with van der Waals surface area (Å²) >= 11 is 0. The number of hydrogen-bond donors (Lipinski definition) is 2. The highest BCUT2D eigenvalue weighted by Gasteiger charge is 2.11. The smallest absolute Gasteiger partial charge is 0.255 e. The molecule has 2 N–H and O–H groups in total. The summed E-state index contributed by atoms with van der Waals surface area (Å²) in [6, 6.07) is 22.8. The molecule has 6 heteroatoms. The molecule has 4 aromatic rings.